The van der Waals surface area contributed by atoms with Crippen molar-refractivity contribution in [3.05, 3.63) is 35.9 Å². The third-order valence-corrected chi connectivity index (χ3v) is 7.71. The molecule has 0 aromatic heterocycles. The number of amides is 2. The van der Waals surface area contributed by atoms with E-state index in [2.05, 4.69) is 5.32 Å². The average molecular weight is 373 g/mol. The number of carbonyl (C=O) groups excluding carboxylic acids is 2. The van der Waals surface area contributed by atoms with Gasteiger partial charge in [-0.1, -0.05) is 49.6 Å². The van der Waals surface area contributed by atoms with E-state index in [1.807, 2.05) is 35.2 Å². The molecule has 3 fully saturated rings. The van der Waals surface area contributed by atoms with Gasteiger partial charge in [0.15, 0.2) is 0 Å². The molecular weight excluding hydrogens is 344 g/mol. The van der Waals surface area contributed by atoms with E-state index in [1.165, 1.54) is 19.3 Å². The van der Waals surface area contributed by atoms with Crippen molar-refractivity contribution >= 4 is 23.6 Å². The van der Waals surface area contributed by atoms with Crippen LogP contribution in [-0.2, 0) is 16.1 Å². The lowest BCUT2D eigenvalue weighted by Crippen LogP contribution is -2.67. The van der Waals surface area contributed by atoms with Gasteiger partial charge in [-0.25, -0.2) is 0 Å². The summed E-state index contributed by atoms with van der Waals surface area (Å²) in [5.41, 5.74) is 0.441. The summed E-state index contributed by atoms with van der Waals surface area (Å²) in [7, 11) is 0. The Morgan fingerprint density at radius 2 is 1.88 bits per heavy atom. The van der Waals surface area contributed by atoms with Crippen LogP contribution in [0.25, 0.3) is 0 Å². The van der Waals surface area contributed by atoms with Crippen LogP contribution in [0.4, 0.5) is 0 Å². The van der Waals surface area contributed by atoms with Crippen LogP contribution in [0.2, 0.25) is 0 Å². The topological polar surface area (TPSA) is 49.4 Å². The van der Waals surface area contributed by atoms with E-state index < -0.39 is 5.54 Å². The maximum atomic E-state index is 13.5. The monoisotopic (exact) mass is 372 g/mol. The van der Waals surface area contributed by atoms with E-state index in [9.17, 15) is 9.59 Å². The Labute approximate surface area is 160 Å². The minimum atomic E-state index is -0.659. The number of carbonyl (C=O) groups is 2. The number of nitrogens with one attached hydrogen (secondary N) is 1. The van der Waals surface area contributed by atoms with E-state index >= 15 is 0 Å². The Bertz CT molecular complexity index is 659. The van der Waals surface area contributed by atoms with Crippen molar-refractivity contribution in [1.29, 1.82) is 0 Å². The summed E-state index contributed by atoms with van der Waals surface area (Å²) in [6.07, 6.45) is 8.66. The predicted molar refractivity (Wildman–Crippen MR) is 105 cm³/mol. The quantitative estimate of drug-likeness (QED) is 0.880. The molecule has 5 heteroatoms. The summed E-state index contributed by atoms with van der Waals surface area (Å²) in [6.45, 7) is 0.537. The van der Waals surface area contributed by atoms with Gasteiger partial charge in [-0.05, 0) is 37.7 Å². The first-order chi connectivity index (χ1) is 12.7. The van der Waals surface area contributed by atoms with E-state index in [1.54, 1.807) is 11.8 Å². The Hall–Kier alpha value is -1.49. The number of hydrogen-bond donors (Lipinski definition) is 1. The van der Waals surface area contributed by atoms with Gasteiger partial charge in [0.25, 0.3) is 0 Å². The second-order valence-corrected chi connectivity index (χ2v) is 9.08. The van der Waals surface area contributed by atoms with Gasteiger partial charge in [0.1, 0.15) is 5.54 Å². The zero-order valence-corrected chi connectivity index (χ0v) is 16.1. The highest BCUT2D eigenvalue weighted by atomic mass is 32.2. The van der Waals surface area contributed by atoms with Gasteiger partial charge >= 0.3 is 0 Å². The highest BCUT2D eigenvalue weighted by Gasteiger charge is 2.57. The third kappa shape index (κ3) is 3.26. The zero-order chi connectivity index (χ0) is 18.0. The van der Waals surface area contributed by atoms with Crippen molar-refractivity contribution in [2.24, 2.45) is 0 Å². The molecule has 1 aromatic rings. The van der Waals surface area contributed by atoms with Gasteiger partial charge in [0, 0.05) is 17.8 Å². The highest BCUT2D eigenvalue weighted by molar-refractivity contribution is 8.00. The van der Waals surface area contributed by atoms with E-state index in [-0.39, 0.29) is 23.1 Å². The number of rotatable bonds is 4. The van der Waals surface area contributed by atoms with Crippen molar-refractivity contribution < 1.29 is 9.59 Å². The number of nitrogens with zero attached hydrogens (tertiary/aromatic N) is 1. The van der Waals surface area contributed by atoms with Crippen molar-refractivity contribution in [2.75, 3.05) is 5.75 Å². The van der Waals surface area contributed by atoms with E-state index in [4.69, 9.17) is 0 Å². The van der Waals surface area contributed by atoms with Crippen molar-refractivity contribution in [3.63, 3.8) is 0 Å². The first-order valence-corrected chi connectivity index (χ1v) is 11.0. The fourth-order valence-corrected chi connectivity index (χ4v) is 6.35. The molecule has 2 amide bonds. The molecule has 1 heterocycles. The van der Waals surface area contributed by atoms with Crippen LogP contribution in [0.1, 0.15) is 56.9 Å². The number of benzene rings is 1. The third-order valence-electron chi connectivity index (χ3n) is 6.26. The van der Waals surface area contributed by atoms with E-state index in [0.717, 1.165) is 37.7 Å². The molecular formula is C21H28N2O2S. The summed E-state index contributed by atoms with van der Waals surface area (Å²) >= 11 is 1.69. The minimum absolute atomic E-state index is 0.100. The van der Waals surface area contributed by atoms with Gasteiger partial charge in [0.05, 0.1) is 5.75 Å². The van der Waals surface area contributed by atoms with Gasteiger partial charge < -0.3 is 10.2 Å². The molecule has 2 saturated carbocycles. The van der Waals surface area contributed by atoms with Crippen LogP contribution in [0.3, 0.4) is 0 Å². The standard InChI is InChI=1S/C21H28N2O2S/c24-19-15-26-18-12-7-13-21(18,20(25)22-17-10-5-2-6-11-17)23(19)14-16-8-3-1-4-9-16/h1,3-4,8-9,17-18H,2,5-7,10-15H2,(H,22,25). The molecule has 2 atom stereocenters. The maximum Gasteiger partial charge on any atom is 0.247 e. The number of thioether (sulfide) groups is 1. The van der Waals surface area contributed by atoms with E-state index in [0.29, 0.717) is 12.3 Å². The van der Waals surface area contributed by atoms with Crippen LogP contribution >= 0.6 is 11.8 Å². The van der Waals surface area contributed by atoms with Crippen molar-refractivity contribution in [1.82, 2.24) is 10.2 Å². The summed E-state index contributed by atoms with van der Waals surface area (Å²) in [5.74, 6) is 0.704. The molecule has 3 aliphatic rings. The van der Waals surface area contributed by atoms with Gasteiger partial charge in [0.2, 0.25) is 11.8 Å². The molecule has 1 aliphatic heterocycles. The fraction of sp³-hybridized carbons (Fsp3) is 0.619. The second-order valence-electron chi connectivity index (χ2n) is 7.89. The fourth-order valence-electron chi connectivity index (χ4n) is 4.89. The second kappa shape index (κ2) is 7.63. The molecule has 2 unspecified atom stereocenters. The van der Waals surface area contributed by atoms with Crippen LogP contribution in [0.15, 0.2) is 30.3 Å². The SMILES string of the molecule is O=C1CSC2CCCC2(C(=O)NC2CCCCC2)N1Cc1ccccc1. The van der Waals surface area contributed by atoms with Gasteiger partial charge in [-0.3, -0.25) is 9.59 Å². The molecule has 4 rings (SSSR count). The maximum absolute atomic E-state index is 13.5. The largest absolute Gasteiger partial charge is 0.351 e. The van der Waals surface area contributed by atoms with Gasteiger partial charge in [-0.15, -0.1) is 11.8 Å². The lowest BCUT2D eigenvalue weighted by molar-refractivity contribution is -0.148. The molecule has 26 heavy (non-hydrogen) atoms. The lowest BCUT2D eigenvalue weighted by Gasteiger charge is -2.47. The molecule has 1 saturated heterocycles. The summed E-state index contributed by atoms with van der Waals surface area (Å²) in [6, 6.07) is 10.4. The van der Waals surface area contributed by atoms with Crippen LogP contribution in [-0.4, -0.2) is 39.3 Å². The molecule has 1 N–H and O–H groups in total. The summed E-state index contributed by atoms with van der Waals surface area (Å²) < 4.78 is 0. The average Bonchev–Trinajstić information content (AvgIpc) is 3.11. The lowest BCUT2D eigenvalue weighted by atomic mass is 9.89. The minimum Gasteiger partial charge on any atom is -0.351 e. The predicted octanol–water partition coefficient (Wildman–Crippen LogP) is 3.50. The highest BCUT2D eigenvalue weighted by Crippen LogP contribution is 2.47. The zero-order valence-electron chi connectivity index (χ0n) is 15.3. The molecule has 140 valence electrons. The van der Waals surface area contributed by atoms with Crippen LogP contribution < -0.4 is 5.32 Å². The molecule has 0 spiro atoms. The first-order valence-electron chi connectivity index (χ1n) is 9.97. The Kier molecular flexibility index (Phi) is 5.25. The van der Waals surface area contributed by atoms with Crippen LogP contribution in [0.5, 0.6) is 0 Å². The normalized spacial score (nSPS) is 29.5. The van der Waals surface area contributed by atoms with Crippen LogP contribution in [0, 0.1) is 0 Å². The molecule has 0 radical (unpaired) electrons. The molecule has 4 nitrogen and oxygen atoms in total. The smallest absolute Gasteiger partial charge is 0.247 e. The Balaban J connectivity index is 1.60. The van der Waals surface area contributed by atoms with Crippen molar-refractivity contribution in [2.45, 2.75) is 74.7 Å². The molecule has 1 aromatic carbocycles. The van der Waals surface area contributed by atoms with Crippen molar-refractivity contribution in [3.8, 4) is 0 Å². The Morgan fingerprint density at radius 3 is 2.65 bits per heavy atom. The molecule has 2 aliphatic carbocycles. The Morgan fingerprint density at radius 1 is 1.12 bits per heavy atom. The number of fused-ring (bicyclic) bond motifs is 1. The number of hydrogen-bond acceptors (Lipinski definition) is 3. The summed E-state index contributed by atoms with van der Waals surface area (Å²) in [5, 5.41) is 3.57. The summed E-state index contributed by atoms with van der Waals surface area (Å²) in [4.78, 5) is 28.3. The molecule has 0 bridgehead atoms. The first kappa shape index (κ1) is 17.9. The van der Waals surface area contributed by atoms with Gasteiger partial charge in [-0.2, -0.15) is 0 Å².